The summed E-state index contributed by atoms with van der Waals surface area (Å²) < 4.78 is 0. The van der Waals surface area contributed by atoms with Crippen molar-refractivity contribution in [2.45, 2.75) is 47.1 Å². The smallest absolute Gasteiger partial charge is 0.185 e. The van der Waals surface area contributed by atoms with Crippen LogP contribution in [0, 0.1) is 12.8 Å². The Kier molecular flexibility index (Phi) is 6.09. The topological polar surface area (TPSA) is 28.2 Å². The monoisotopic (exact) mass is 269 g/mol. The number of thiazole rings is 1. The number of anilines is 1. The SMILES string of the molecule is CCNC(C)c1sc(N(C)CCC(C)C)nc1C. The molecule has 104 valence electrons. The van der Waals surface area contributed by atoms with Crippen LogP contribution in [0.3, 0.4) is 0 Å². The zero-order valence-corrected chi connectivity index (χ0v) is 13.4. The molecule has 1 atom stereocenters. The van der Waals surface area contributed by atoms with E-state index < -0.39 is 0 Å². The molecule has 1 heterocycles. The molecule has 0 saturated heterocycles. The Hall–Kier alpha value is -0.610. The Bertz CT molecular complexity index is 360. The third kappa shape index (κ3) is 4.25. The largest absolute Gasteiger partial charge is 0.351 e. The summed E-state index contributed by atoms with van der Waals surface area (Å²) in [7, 11) is 2.14. The van der Waals surface area contributed by atoms with Crippen LogP contribution < -0.4 is 10.2 Å². The van der Waals surface area contributed by atoms with Crippen LogP contribution in [0.25, 0.3) is 0 Å². The van der Waals surface area contributed by atoms with Gasteiger partial charge in [0.05, 0.1) is 5.69 Å². The van der Waals surface area contributed by atoms with E-state index in [1.165, 1.54) is 17.0 Å². The van der Waals surface area contributed by atoms with Crippen molar-refractivity contribution in [3.63, 3.8) is 0 Å². The Balaban J connectivity index is 2.70. The molecule has 0 fully saturated rings. The highest BCUT2D eigenvalue weighted by Crippen LogP contribution is 2.30. The minimum atomic E-state index is 0.403. The minimum absolute atomic E-state index is 0.403. The van der Waals surface area contributed by atoms with E-state index in [0.29, 0.717) is 6.04 Å². The summed E-state index contributed by atoms with van der Waals surface area (Å²) in [6.45, 7) is 13.1. The van der Waals surface area contributed by atoms with E-state index in [4.69, 9.17) is 4.98 Å². The first kappa shape index (κ1) is 15.4. The fourth-order valence-corrected chi connectivity index (χ4v) is 2.98. The highest BCUT2D eigenvalue weighted by atomic mass is 32.1. The zero-order valence-electron chi connectivity index (χ0n) is 12.6. The van der Waals surface area contributed by atoms with E-state index in [1.807, 2.05) is 11.3 Å². The van der Waals surface area contributed by atoms with Crippen molar-refractivity contribution in [1.82, 2.24) is 10.3 Å². The van der Waals surface area contributed by atoms with Gasteiger partial charge in [-0.1, -0.05) is 20.8 Å². The van der Waals surface area contributed by atoms with Crippen LogP contribution in [0.15, 0.2) is 0 Å². The van der Waals surface area contributed by atoms with Crippen LogP contribution in [0.1, 0.15) is 50.7 Å². The third-order valence-electron chi connectivity index (χ3n) is 3.09. The summed E-state index contributed by atoms with van der Waals surface area (Å²) in [5, 5.41) is 4.60. The predicted octanol–water partition coefficient (Wildman–Crippen LogP) is 3.60. The van der Waals surface area contributed by atoms with Gasteiger partial charge in [-0.05, 0) is 32.7 Å². The lowest BCUT2D eigenvalue weighted by molar-refractivity contribution is 0.585. The first-order chi connectivity index (χ1) is 8.45. The Labute approximate surface area is 116 Å². The number of rotatable bonds is 7. The summed E-state index contributed by atoms with van der Waals surface area (Å²) in [6, 6.07) is 0.403. The molecule has 0 saturated carbocycles. The Morgan fingerprint density at radius 2 is 2.00 bits per heavy atom. The van der Waals surface area contributed by atoms with Crippen LogP contribution in [0.5, 0.6) is 0 Å². The van der Waals surface area contributed by atoms with E-state index in [9.17, 15) is 0 Å². The average Bonchev–Trinajstić information content (AvgIpc) is 2.68. The lowest BCUT2D eigenvalue weighted by atomic mass is 10.1. The molecule has 0 aromatic carbocycles. The van der Waals surface area contributed by atoms with Gasteiger partial charge in [-0.25, -0.2) is 4.98 Å². The van der Waals surface area contributed by atoms with Crippen molar-refractivity contribution in [2.24, 2.45) is 5.92 Å². The first-order valence-corrected chi connectivity index (χ1v) is 7.69. The number of aromatic nitrogens is 1. The number of nitrogens with one attached hydrogen (secondary N) is 1. The van der Waals surface area contributed by atoms with Gasteiger partial charge >= 0.3 is 0 Å². The van der Waals surface area contributed by atoms with Crippen molar-refractivity contribution in [1.29, 1.82) is 0 Å². The average molecular weight is 269 g/mol. The Morgan fingerprint density at radius 3 is 2.56 bits per heavy atom. The van der Waals surface area contributed by atoms with E-state index in [2.05, 4.69) is 51.9 Å². The molecular weight excluding hydrogens is 242 g/mol. The minimum Gasteiger partial charge on any atom is -0.351 e. The maximum absolute atomic E-state index is 4.70. The molecule has 0 aliphatic carbocycles. The van der Waals surface area contributed by atoms with Gasteiger partial charge < -0.3 is 10.2 Å². The second-order valence-corrected chi connectivity index (χ2v) is 6.34. The van der Waals surface area contributed by atoms with Crippen molar-refractivity contribution < 1.29 is 0 Å². The Morgan fingerprint density at radius 1 is 1.33 bits per heavy atom. The van der Waals surface area contributed by atoms with Crippen molar-refractivity contribution in [3.8, 4) is 0 Å². The van der Waals surface area contributed by atoms with E-state index in [0.717, 1.165) is 24.1 Å². The lowest BCUT2D eigenvalue weighted by Gasteiger charge is -2.16. The van der Waals surface area contributed by atoms with Gasteiger partial charge in [0.15, 0.2) is 5.13 Å². The number of nitrogens with zero attached hydrogens (tertiary/aromatic N) is 2. The molecule has 0 aliphatic heterocycles. The van der Waals surface area contributed by atoms with Gasteiger partial charge in [0.25, 0.3) is 0 Å². The molecule has 0 radical (unpaired) electrons. The molecule has 3 nitrogen and oxygen atoms in total. The molecule has 1 aromatic heterocycles. The van der Waals surface area contributed by atoms with Gasteiger partial charge in [-0.15, -0.1) is 11.3 Å². The molecule has 1 N–H and O–H groups in total. The van der Waals surface area contributed by atoms with Crippen LogP contribution in [0.2, 0.25) is 0 Å². The summed E-state index contributed by atoms with van der Waals surface area (Å²) in [5.41, 5.74) is 1.17. The second-order valence-electron chi connectivity index (χ2n) is 5.33. The summed E-state index contributed by atoms with van der Waals surface area (Å²) >= 11 is 1.82. The van der Waals surface area contributed by atoms with E-state index >= 15 is 0 Å². The zero-order chi connectivity index (χ0) is 13.7. The molecule has 4 heteroatoms. The van der Waals surface area contributed by atoms with Gasteiger partial charge in [-0.3, -0.25) is 0 Å². The van der Waals surface area contributed by atoms with E-state index in [1.54, 1.807) is 0 Å². The summed E-state index contributed by atoms with van der Waals surface area (Å²) in [5.74, 6) is 0.744. The maximum Gasteiger partial charge on any atom is 0.185 e. The highest BCUT2D eigenvalue weighted by Gasteiger charge is 2.15. The molecule has 0 spiro atoms. The van der Waals surface area contributed by atoms with Gasteiger partial charge in [0, 0.05) is 24.5 Å². The molecular formula is C14H27N3S. The first-order valence-electron chi connectivity index (χ1n) is 6.87. The van der Waals surface area contributed by atoms with Crippen molar-refractivity contribution >= 4 is 16.5 Å². The molecule has 1 rings (SSSR count). The van der Waals surface area contributed by atoms with Gasteiger partial charge in [0.1, 0.15) is 0 Å². The van der Waals surface area contributed by atoms with Gasteiger partial charge in [0.2, 0.25) is 0 Å². The molecule has 1 unspecified atom stereocenters. The molecule has 0 aliphatic rings. The van der Waals surface area contributed by atoms with Crippen LogP contribution in [0.4, 0.5) is 5.13 Å². The fraction of sp³-hybridized carbons (Fsp3) is 0.786. The number of hydrogen-bond donors (Lipinski definition) is 1. The summed E-state index contributed by atoms with van der Waals surface area (Å²) in [6.07, 6.45) is 1.22. The van der Waals surface area contributed by atoms with Crippen LogP contribution >= 0.6 is 11.3 Å². The number of aryl methyl sites for hydroxylation is 1. The number of hydrogen-bond acceptors (Lipinski definition) is 4. The fourth-order valence-electron chi connectivity index (χ4n) is 1.90. The third-order valence-corrected chi connectivity index (χ3v) is 4.55. The highest BCUT2D eigenvalue weighted by molar-refractivity contribution is 7.15. The molecule has 0 bridgehead atoms. The lowest BCUT2D eigenvalue weighted by Crippen LogP contribution is -2.19. The second kappa shape index (κ2) is 7.10. The normalized spacial score (nSPS) is 13.1. The van der Waals surface area contributed by atoms with Crippen LogP contribution in [-0.2, 0) is 0 Å². The van der Waals surface area contributed by atoms with Crippen molar-refractivity contribution in [3.05, 3.63) is 10.6 Å². The quantitative estimate of drug-likeness (QED) is 0.819. The summed E-state index contributed by atoms with van der Waals surface area (Å²) in [4.78, 5) is 8.34. The molecule has 1 aromatic rings. The van der Waals surface area contributed by atoms with E-state index in [-0.39, 0.29) is 0 Å². The van der Waals surface area contributed by atoms with Crippen molar-refractivity contribution in [2.75, 3.05) is 25.0 Å². The molecule has 18 heavy (non-hydrogen) atoms. The standard InChI is InChI=1S/C14H27N3S/c1-7-15-11(4)13-12(5)16-14(18-13)17(6)9-8-10(2)3/h10-11,15H,7-9H2,1-6H3. The van der Waals surface area contributed by atoms with Crippen LogP contribution in [-0.4, -0.2) is 25.1 Å². The van der Waals surface area contributed by atoms with Gasteiger partial charge in [-0.2, -0.15) is 0 Å². The predicted molar refractivity (Wildman–Crippen MR) is 81.7 cm³/mol. The molecule has 0 amide bonds. The maximum atomic E-state index is 4.70.